The van der Waals surface area contributed by atoms with Crippen molar-refractivity contribution in [2.75, 3.05) is 0 Å². The number of hydrogen-bond acceptors (Lipinski definition) is 4. The van der Waals surface area contributed by atoms with Gasteiger partial charge in [0.2, 0.25) is 5.91 Å². The summed E-state index contributed by atoms with van der Waals surface area (Å²) in [5, 5.41) is 13.9. The minimum Gasteiger partial charge on any atom is -0.368 e. The number of nitrogens with zero attached hydrogens (tertiary/aromatic N) is 3. The molecule has 8 heteroatoms. The highest BCUT2D eigenvalue weighted by Gasteiger charge is 2.25. The Morgan fingerprint density at radius 3 is 2.58 bits per heavy atom. The van der Waals surface area contributed by atoms with Gasteiger partial charge in [0.05, 0.1) is 11.4 Å². The SMILES string of the molecule is CCC(C)C(NC(=O)c1cc(-c2c(C)nn(C)c2C)n[nH]1)C(N)=O. The van der Waals surface area contributed by atoms with Crippen LogP contribution in [-0.2, 0) is 11.8 Å². The van der Waals surface area contributed by atoms with E-state index in [1.807, 2.05) is 34.7 Å². The molecule has 0 saturated carbocycles. The average Bonchev–Trinajstić information content (AvgIpc) is 3.09. The number of aromatic amines is 1. The average molecular weight is 332 g/mol. The third-order valence-corrected chi connectivity index (χ3v) is 4.39. The zero-order chi connectivity index (χ0) is 18.0. The van der Waals surface area contributed by atoms with Gasteiger partial charge in [-0.25, -0.2) is 0 Å². The Balaban J connectivity index is 2.24. The number of rotatable bonds is 6. The molecular weight excluding hydrogens is 308 g/mol. The van der Waals surface area contributed by atoms with Gasteiger partial charge in [-0.3, -0.25) is 19.4 Å². The quantitative estimate of drug-likeness (QED) is 0.732. The molecule has 130 valence electrons. The molecule has 0 fully saturated rings. The molecular formula is C16H24N6O2. The lowest BCUT2D eigenvalue weighted by molar-refractivity contribution is -0.120. The van der Waals surface area contributed by atoms with Crippen LogP contribution in [0, 0.1) is 19.8 Å². The first-order valence-corrected chi connectivity index (χ1v) is 7.92. The third-order valence-electron chi connectivity index (χ3n) is 4.39. The zero-order valence-electron chi connectivity index (χ0n) is 14.7. The molecule has 0 radical (unpaired) electrons. The zero-order valence-corrected chi connectivity index (χ0v) is 14.7. The van der Waals surface area contributed by atoms with Crippen LogP contribution in [-0.4, -0.2) is 37.8 Å². The van der Waals surface area contributed by atoms with Gasteiger partial charge in [0.1, 0.15) is 11.7 Å². The van der Waals surface area contributed by atoms with Gasteiger partial charge in [-0.1, -0.05) is 20.3 Å². The van der Waals surface area contributed by atoms with Crippen molar-refractivity contribution in [1.29, 1.82) is 0 Å². The standard InChI is InChI=1S/C16H24N6O2/c1-6-8(2)14(15(17)23)18-16(24)12-7-11(19-20-12)13-9(3)21-22(5)10(13)4/h7-8,14H,6H2,1-5H3,(H2,17,23)(H,18,24)(H,19,20). The second-order valence-corrected chi connectivity index (χ2v) is 6.08. The Morgan fingerprint density at radius 1 is 1.42 bits per heavy atom. The lowest BCUT2D eigenvalue weighted by atomic mass is 9.98. The van der Waals surface area contributed by atoms with Crippen LogP contribution in [0.4, 0.5) is 0 Å². The van der Waals surface area contributed by atoms with Gasteiger partial charge in [0.25, 0.3) is 5.91 Å². The van der Waals surface area contributed by atoms with Crippen molar-refractivity contribution < 1.29 is 9.59 Å². The second kappa shape index (κ2) is 6.86. The number of aryl methyl sites for hydroxylation is 2. The molecule has 2 heterocycles. The highest BCUT2D eigenvalue weighted by atomic mass is 16.2. The number of nitrogens with two attached hydrogens (primary N) is 1. The molecule has 2 aromatic rings. The van der Waals surface area contributed by atoms with E-state index in [9.17, 15) is 9.59 Å². The Labute approximate surface area is 140 Å². The maximum atomic E-state index is 12.4. The predicted molar refractivity (Wildman–Crippen MR) is 90.2 cm³/mol. The fraction of sp³-hybridized carbons (Fsp3) is 0.500. The monoisotopic (exact) mass is 332 g/mol. The maximum Gasteiger partial charge on any atom is 0.269 e. The second-order valence-electron chi connectivity index (χ2n) is 6.08. The first-order valence-electron chi connectivity index (χ1n) is 7.92. The Kier molecular flexibility index (Phi) is 5.06. The van der Waals surface area contributed by atoms with Crippen molar-refractivity contribution in [3.63, 3.8) is 0 Å². The normalized spacial score (nSPS) is 13.5. The van der Waals surface area contributed by atoms with Crippen LogP contribution in [0.25, 0.3) is 11.3 Å². The molecule has 2 rings (SSSR count). The van der Waals surface area contributed by atoms with Crippen LogP contribution in [0.3, 0.4) is 0 Å². The van der Waals surface area contributed by atoms with E-state index in [0.29, 0.717) is 5.69 Å². The van der Waals surface area contributed by atoms with Crippen molar-refractivity contribution in [3.05, 3.63) is 23.1 Å². The number of H-pyrrole nitrogens is 1. The van der Waals surface area contributed by atoms with E-state index >= 15 is 0 Å². The fourth-order valence-corrected chi connectivity index (χ4v) is 2.66. The largest absolute Gasteiger partial charge is 0.368 e. The van der Waals surface area contributed by atoms with Crippen LogP contribution >= 0.6 is 0 Å². The summed E-state index contributed by atoms with van der Waals surface area (Å²) in [7, 11) is 1.86. The Morgan fingerprint density at radius 2 is 2.08 bits per heavy atom. The van der Waals surface area contributed by atoms with Crippen molar-refractivity contribution in [1.82, 2.24) is 25.3 Å². The summed E-state index contributed by atoms with van der Waals surface area (Å²) in [5.74, 6) is -0.995. The van der Waals surface area contributed by atoms with Gasteiger partial charge in [-0.05, 0) is 25.8 Å². The van der Waals surface area contributed by atoms with E-state index in [2.05, 4.69) is 20.6 Å². The van der Waals surface area contributed by atoms with Crippen LogP contribution in [0.1, 0.15) is 42.1 Å². The predicted octanol–water partition coefficient (Wildman–Crippen LogP) is 1.06. The molecule has 0 aliphatic heterocycles. The first-order chi connectivity index (χ1) is 11.3. The van der Waals surface area contributed by atoms with E-state index < -0.39 is 17.9 Å². The summed E-state index contributed by atoms with van der Waals surface area (Å²) in [5.41, 5.74) is 8.99. The van der Waals surface area contributed by atoms with E-state index in [1.165, 1.54) is 0 Å². The smallest absolute Gasteiger partial charge is 0.269 e. The van der Waals surface area contributed by atoms with Crippen molar-refractivity contribution >= 4 is 11.8 Å². The molecule has 0 aliphatic rings. The summed E-state index contributed by atoms with van der Waals surface area (Å²) in [4.78, 5) is 23.9. The Bertz CT molecular complexity index is 761. The summed E-state index contributed by atoms with van der Waals surface area (Å²) in [6.07, 6.45) is 0.732. The molecule has 2 unspecified atom stereocenters. The topological polar surface area (TPSA) is 119 Å². The van der Waals surface area contributed by atoms with Gasteiger partial charge < -0.3 is 11.1 Å². The molecule has 0 aromatic carbocycles. The van der Waals surface area contributed by atoms with Crippen LogP contribution in [0.2, 0.25) is 0 Å². The summed E-state index contributed by atoms with van der Waals surface area (Å²) in [6.45, 7) is 7.64. The molecule has 2 aromatic heterocycles. The first kappa shape index (κ1) is 17.7. The lowest BCUT2D eigenvalue weighted by Gasteiger charge is -2.20. The molecule has 2 atom stereocenters. The van der Waals surface area contributed by atoms with Crippen molar-refractivity contribution in [3.8, 4) is 11.3 Å². The highest BCUT2D eigenvalue weighted by Crippen LogP contribution is 2.25. The number of carbonyl (C=O) groups is 2. The highest BCUT2D eigenvalue weighted by molar-refractivity contribution is 5.96. The van der Waals surface area contributed by atoms with E-state index in [1.54, 1.807) is 10.7 Å². The number of aromatic nitrogens is 4. The third kappa shape index (κ3) is 3.32. The van der Waals surface area contributed by atoms with Crippen molar-refractivity contribution in [2.24, 2.45) is 18.7 Å². The minimum atomic E-state index is -0.712. The maximum absolute atomic E-state index is 12.4. The molecule has 0 bridgehead atoms. The molecule has 0 aliphatic carbocycles. The van der Waals surface area contributed by atoms with Gasteiger partial charge in [-0.15, -0.1) is 0 Å². The molecule has 24 heavy (non-hydrogen) atoms. The van der Waals surface area contributed by atoms with Crippen LogP contribution < -0.4 is 11.1 Å². The molecule has 0 spiro atoms. The molecule has 8 nitrogen and oxygen atoms in total. The molecule has 0 saturated heterocycles. The number of nitrogens with one attached hydrogen (secondary N) is 2. The number of hydrogen-bond donors (Lipinski definition) is 3. The van der Waals surface area contributed by atoms with E-state index in [-0.39, 0.29) is 11.6 Å². The van der Waals surface area contributed by atoms with Gasteiger partial charge >= 0.3 is 0 Å². The van der Waals surface area contributed by atoms with Crippen LogP contribution in [0.15, 0.2) is 6.07 Å². The van der Waals surface area contributed by atoms with Crippen molar-refractivity contribution in [2.45, 2.75) is 40.2 Å². The summed E-state index contributed by atoms with van der Waals surface area (Å²) in [6, 6.07) is 0.942. The minimum absolute atomic E-state index is 0.0448. The van der Waals surface area contributed by atoms with Gasteiger partial charge in [0, 0.05) is 18.3 Å². The van der Waals surface area contributed by atoms with Crippen LogP contribution in [0.5, 0.6) is 0 Å². The van der Waals surface area contributed by atoms with Gasteiger partial charge in [-0.2, -0.15) is 10.2 Å². The van der Waals surface area contributed by atoms with E-state index in [4.69, 9.17) is 5.73 Å². The number of carbonyl (C=O) groups excluding carboxylic acids is 2. The summed E-state index contributed by atoms with van der Waals surface area (Å²) < 4.78 is 1.77. The number of amides is 2. The summed E-state index contributed by atoms with van der Waals surface area (Å²) >= 11 is 0. The molecule has 4 N–H and O–H groups in total. The fourth-order valence-electron chi connectivity index (χ4n) is 2.66. The lowest BCUT2D eigenvalue weighted by Crippen LogP contribution is -2.48. The Hall–Kier alpha value is -2.64. The molecule has 2 amide bonds. The van der Waals surface area contributed by atoms with E-state index in [0.717, 1.165) is 23.4 Å². The number of primary amides is 1. The van der Waals surface area contributed by atoms with Gasteiger partial charge in [0.15, 0.2) is 0 Å².